The van der Waals surface area contributed by atoms with E-state index in [1.807, 2.05) is 30.3 Å². The summed E-state index contributed by atoms with van der Waals surface area (Å²) in [6.45, 7) is 0. The summed E-state index contributed by atoms with van der Waals surface area (Å²) in [5.74, 6) is 0. The van der Waals surface area contributed by atoms with Crippen molar-refractivity contribution in [2.45, 2.75) is 0 Å². The second-order valence-corrected chi connectivity index (χ2v) is 4.21. The zero-order valence-corrected chi connectivity index (χ0v) is 10.6. The highest BCUT2D eigenvalue weighted by Gasteiger charge is 2.09. The van der Waals surface area contributed by atoms with Crippen molar-refractivity contribution >= 4 is 34.6 Å². The van der Waals surface area contributed by atoms with E-state index in [2.05, 4.69) is 0 Å². The molecule has 0 aromatic heterocycles. The number of nitrogens with two attached hydrogens (primary N) is 2. The average molecular weight is 270 g/mol. The molecule has 0 unspecified atom stereocenters. The Morgan fingerprint density at radius 1 is 0.765 bits per heavy atom. The predicted molar refractivity (Wildman–Crippen MR) is 75.7 cm³/mol. The Balaban J connectivity index is 0.00000144. The van der Waals surface area contributed by atoms with Crippen molar-refractivity contribution in [3.05, 3.63) is 46.4 Å². The fourth-order valence-electron chi connectivity index (χ4n) is 1.45. The first-order valence-corrected chi connectivity index (χ1v) is 5.44. The lowest BCUT2D eigenvalue weighted by atomic mass is 10.0. The number of hydrogen-bond donors (Lipinski definition) is 3. The number of rotatable bonds is 1. The molecule has 5 heteroatoms. The van der Waals surface area contributed by atoms with E-state index in [-0.39, 0.29) is 6.15 Å². The summed E-state index contributed by atoms with van der Waals surface area (Å²) >= 11 is 12.1. The molecule has 0 amide bonds. The van der Waals surface area contributed by atoms with Gasteiger partial charge in [-0.15, -0.1) is 0 Å². The Kier molecular flexibility index (Phi) is 4.23. The first-order valence-electron chi connectivity index (χ1n) is 4.69. The van der Waals surface area contributed by atoms with E-state index >= 15 is 0 Å². The van der Waals surface area contributed by atoms with Gasteiger partial charge in [0.25, 0.3) is 0 Å². The highest BCUT2D eigenvalue weighted by molar-refractivity contribution is 6.45. The highest BCUT2D eigenvalue weighted by atomic mass is 35.5. The van der Waals surface area contributed by atoms with Crippen LogP contribution in [-0.2, 0) is 0 Å². The quantitative estimate of drug-likeness (QED) is 0.684. The first kappa shape index (κ1) is 13.6. The topological polar surface area (TPSA) is 87.0 Å². The van der Waals surface area contributed by atoms with E-state index < -0.39 is 0 Å². The van der Waals surface area contributed by atoms with E-state index in [9.17, 15) is 0 Å². The molecule has 2 aromatic carbocycles. The van der Waals surface area contributed by atoms with Gasteiger partial charge in [-0.3, -0.25) is 0 Å². The average Bonchev–Trinajstić information content (AvgIpc) is 2.28. The standard InChI is InChI=1S/C12H10Cl2N2.H3N/c13-11-9(5-6-10(16)12(11)14)7-1-3-8(15)4-2-7;/h1-6H,15-16H2;1H3. The molecule has 0 heterocycles. The maximum Gasteiger partial charge on any atom is 0.0827 e. The Morgan fingerprint density at radius 2 is 1.35 bits per heavy atom. The minimum atomic E-state index is 0. The molecule has 0 saturated heterocycles. The molecule has 3 nitrogen and oxygen atoms in total. The summed E-state index contributed by atoms with van der Waals surface area (Å²) < 4.78 is 0. The number of hydrogen-bond acceptors (Lipinski definition) is 3. The number of benzene rings is 2. The van der Waals surface area contributed by atoms with Crippen molar-refractivity contribution in [2.75, 3.05) is 11.5 Å². The van der Waals surface area contributed by atoms with Crippen LogP contribution in [-0.4, -0.2) is 0 Å². The minimum absolute atomic E-state index is 0. The Bertz CT molecular complexity index is 524. The van der Waals surface area contributed by atoms with Crippen LogP contribution >= 0.6 is 23.2 Å². The number of nitrogen functional groups attached to an aromatic ring is 2. The molecule has 0 aliphatic heterocycles. The summed E-state index contributed by atoms with van der Waals surface area (Å²) in [5.41, 5.74) is 14.3. The van der Waals surface area contributed by atoms with Crippen LogP contribution in [0.3, 0.4) is 0 Å². The first-order chi connectivity index (χ1) is 7.59. The van der Waals surface area contributed by atoms with E-state index in [0.717, 1.165) is 11.1 Å². The zero-order valence-electron chi connectivity index (χ0n) is 9.08. The molecule has 0 aliphatic carbocycles. The molecular formula is C12H13Cl2N3. The summed E-state index contributed by atoms with van der Waals surface area (Å²) in [4.78, 5) is 0. The van der Waals surface area contributed by atoms with Gasteiger partial charge in [0.05, 0.1) is 15.7 Å². The molecule has 17 heavy (non-hydrogen) atoms. The lowest BCUT2D eigenvalue weighted by Gasteiger charge is -2.08. The van der Waals surface area contributed by atoms with Crippen LogP contribution in [0.2, 0.25) is 10.0 Å². The van der Waals surface area contributed by atoms with Gasteiger partial charge in [0, 0.05) is 11.3 Å². The van der Waals surface area contributed by atoms with Crippen LogP contribution in [0.25, 0.3) is 11.1 Å². The van der Waals surface area contributed by atoms with Crippen molar-refractivity contribution in [3.63, 3.8) is 0 Å². The zero-order chi connectivity index (χ0) is 11.7. The molecule has 0 saturated carbocycles. The summed E-state index contributed by atoms with van der Waals surface area (Å²) in [5, 5.41) is 0.849. The van der Waals surface area contributed by atoms with Gasteiger partial charge in [0.15, 0.2) is 0 Å². The van der Waals surface area contributed by atoms with E-state index in [1.165, 1.54) is 0 Å². The Hall–Kier alpha value is -1.42. The molecule has 0 atom stereocenters. The van der Waals surface area contributed by atoms with Crippen LogP contribution in [0.4, 0.5) is 11.4 Å². The Labute approximate surface area is 110 Å². The molecule has 2 rings (SSSR count). The van der Waals surface area contributed by atoms with Crippen molar-refractivity contribution in [3.8, 4) is 11.1 Å². The van der Waals surface area contributed by atoms with Crippen molar-refractivity contribution in [1.82, 2.24) is 6.15 Å². The molecule has 90 valence electrons. The second-order valence-electron chi connectivity index (χ2n) is 3.45. The molecule has 0 radical (unpaired) electrons. The third kappa shape index (κ3) is 2.64. The third-order valence-corrected chi connectivity index (χ3v) is 3.23. The predicted octanol–water partition coefficient (Wildman–Crippen LogP) is 3.99. The lowest BCUT2D eigenvalue weighted by molar-refractivity contribution is 1.60. The summed E-state index contributed by atoms with van der Waals surface area (Å²) in [6, 6.07) is 11.0. The van der Waals surface area contributed by atoms with Gasteiger partial charge in [-0.05, 0) is 23.8 Å². The fraction of sp³-hybridized carbons (Fsp3) is 0. The van der Waals surface area contributed by atoms with Gasteiger partial charge in [-0.1, -0.05) is 41.4 Å². The van der Waals surface area contributed by atoms with E-state index in [1.54, 1.807) is 6.07 Å². The van der Waals surface area contributed by atoms with Crippen LogP contribution < -0.4 is 17.6 Å². The van der Waals surface area contributed by atoms with Gasteiger partial charge in [0.2, 0.25) is 0 Å². The SMILES string of the molecule is N.Nc1ccc(-c2ccc(N)c(Cl)c2Cl)cc1. The minimum Gasteiger partial charge on any atom is -0.399 e. The Morgan fingerprint density at radius 3 is 1.94 bits per heavy atom. The maximum absolute atomic E-state index is 6.13. The van der Waals surface area contributed by atoms with Crippen molar-refractivity contribution in [2.24, 2.45) is 0 Å². The van der Waals surface area contributed by atoms with Crippen molar-refractivity contribution in [1.29, 1.82) is 0 Å². The number of anilines is 2. The summed E-state index contributed by atoms with van der Waals surface area (Å²) in [6.07, 6.45) is 0. The lowest BCUT2D eigenvalue weighted by Crippen LogP contribution is -1.89. The van der Waals surface area contributed by atoms with Crippen LogP contribution in [0.1, 0.15) is 0 Å². The normalized spacial score (nSPS) is 9.76. The summed E-state index contributed by atoms with van der Waals surface area (Å²) in [7, 11) is 0. The smallest absolute Gasteiger partial charge is 0.0827 e. The molecular weight excluding hydrogens is 257 g/mol. The highest BCUT2D eigenvalue weighted by Crippen LogP contribution is 2.37. The molecule has 7 N–H and O–H groups in total. The fourth-order valence-corrected chi connectivity index (χ4v) is 1.90. The largest absolute Gasteiger partial charge is 0.399 e. The van der Waals surface area contributed by atoms with Gasteiger partial charge >= 0.3 is 0 Å². The van der Waals surface area contributed by atoms with E-state index in [0.29, 0.717) is 21.4 Å². The molecule has 0 bridgehead atoms. The van der Waals surface area contributed by atoms with Gasteiger partial charge in [-0.2, -0.15) is 0 Å². The second kappa shape index (κ2) is 5.27. The van der Waals surface area contributed by atoms with E-state index in [4.69, 9.17) is 34.7 Å². The number of halogens is 2. The molecule has 0 spiro atoms. The molecule has 2 aromatic rings. The van der Waals surface area contributed by atoms with Gasteiger partial charge < -0.3 is 17.6 Å². The van der Waals surface area contributed by atoms with Gasteiger partial charge in [0.1, 0.15) is 0 Å². The van der Waals surface area contributed by atoms with Gasteiger partial charge in [-0.25, -0.2) is 0 Å². The maximum atomic E-state index is 6.13. The van der Waals surface area contributed by atoms with Crippen molar-refractivity contribution < 1.29 is 0 Å². The molecule has 0 fully saturated rings. The van der Waals surface area contributed by atoms with Crippen LogP contribution in [0.5, 0.6) is 0 Å². The third-order valence-electron chi connectivity index (χ3n) is 2.33. The van der Waals surface area contributed by atoms with Crippen LogP contribution in [0.15, 0.2) is 36.4 Å². The van der Waals surface area contributed by atoms with Crippen LogP contribution in [0, 0.1) is 0 Å². The molecule has 0 aliphatic rings. The monoisotopic (exact) mass is 269 g/mol.